The van der Waals surface area contributed by atoms with Crippen LogP contribution in [-0.2, 0) is 4.79 Å². The molecule has 0 saturated heterocycles. The van der Waals surface area contributed by atoms with E-state index in [0.717, 1.165) is 18.4 Å². The number of carbonyl (C=O) groups is 2. The van der Waals surface area contributed by atoms with E-state index in [-0.39, 0.29) is 12.6 Å². The number of rotatable bonds is 4. The first-order chi connectivity index (χ1) is 9.38. The van der Waals surface area contributed by atoms with Crippen LogP contribution in [0.1, 0.15) is 18.4 Å². The fraction of sp³-hybridized carbons (Fsp3) is 0.385. The van der Waals surface area contributed by atoms with Crippen molar-refractivity contribution >= 4 is 40.9 Å². The van der Waals surface area contributed by atoms with Crippen molar-refractivity contribution in [2.24, 2.45) is 0 Å². The summed E-state index contributed by atoms with van der Waals surface area (Å²) < 4.78 is 0. The Balaban J connectivity index is 2.13. The summed E-state index contributed by atoms with van der Waals surface area (Å²) in [5.41, 5.74) is 1.18. The van der Waals surface area contributed by atoms with Crippen molar-refractivity contribution in [3.05, 3.63) is 27.7 Å². The minimum absolute atomic E-state index is 0.00852. The Kier molecular flexibility index (Phi) is 4.40. The largest absolute Gasteiger partial charge is 0.480 e. The minimum Gasteiger partial charge on any atom is -0.480 e. The summed E-state index contributed by atoms with van der Waals surface area (Å²) in [4.78, 5) is 24.2. The standard InChI is InChI=1S/C13H14Cl2N2O3/c1-7-4-10(15)11(5-9(7)14)16-13(20)17(6-12(18)19)8-2-3-8/h4-5,8H,2-3,6H2,1H3,(H,16,20)(H,18,19). The van der Waals surface area contributed by atoms with E-state index in [1.165, 1.54) is 4.90 Å². The fourth-order valence-electron chi connectivity index (χ4n) is 1.83. The molecule has 1 saturated carbocycles. The van der Waals surface area contributed by atoms with Crippen LogP contribution in [0.25, 0.3) is 0 Å². The summed E-state index contributed by atoms with van der Waals surface area (Å²) in [6, 6.07) is 2.73. The number of hydrogen-bond donors (Lipinski definition) is 2. The Labute approximate surface area is 126 Å². The van der Waals surface area contributed by atoms with Crippen molar-refractivity contribution in [2.75, 3.05) is 11.9 Å². The van der Waals surface area contributed by atoms with Gasteiger partial charge in [-0.25, -0.2) is 4.79 Å². The average molecular weight is 317 g/mol. The first-order valence-electron chi connectivity index (χ1n) is 6.13. The number of nitrogens with zero attached hydrogens (tertiary/aromatic N) is 1. The summed E-state index contributed by atoms with van der Waals surface area (Å²) >= 11 is 12.0. The molecule has 0 aromatic heterocycles. The van der Waals surface area contributed by atoms with Crippen LogP contribution in [0.2, 0.25) is 10.0 Å². The Morgan fingerprint density at radius 2 is 2.00 bits per heavy atom. The van der Waals surface area contributed by atoms with Crippen LogP contribution in [0.15, 0.2) is 12.1 Å². The zero-order valence-corrected chi connectivity index (χ0v) is 12.3. The number of carboxylic acids is 1. The van der Waals surface area contributed by atoms with Crippen LogP contribution in [-0.4, -0.2) is 34.6 Å². The van der Waals surface area contributed by atoms with Crippen LogP contribution < -0.4 is 5.32 Å². The number of urea groups is 1. The first-order valence-corrected chi connectivity index (χ1v) is 6.89. The van der Waals surface area contributed by atoms with Crippen molar-refractivity contribution in [1.82, 2.24) is 4.90 Å². The second-order valence-electron chi connectivity index (χ2n) is 4.76. The lowest BCUT2D eigenvalue weighted by molar-refractivity contribution is -0.137. The maximum atomic E-state index is 12.1. The molecule has 0 unspecified atom stereocenters. The van der Waals surface area contributed by atoms with Gasteiger partial charge in [-0.15, -0.1) is 0 Å². The van der Waals surface area contributed by atoms with Crippen molar-refractivity contribution in [3.63, 3.8) is 0 Å². The van der Waals surface area contributed by atoms with Gasteiger partial charge < -0.3 is 15.3 Å². The van der Waals surface area contributed by atoms with E-state index in [1.54, 1.807) is 19.1 Å². The third-order valence-electron chi connectivity index (χ3n) is 3.04. The quantitative estimate of drug-likeness (QED) is 0.894. The number of benzene rings is 1. The second-order valence-corrected chi connectivity index (χ2v) is 5.58. The molecular weight excluding hydrogens is 303 g/mol. The summed E-state index contributed by atoms with van der Waals surface area (Å²) in [6.45, 7) is 1.48. The van der Waals surface area contributed by atoms with Gasteiger partial charge in [0.05, 0.1) is 10.7 Å². The Bertz CT molecular complexity index is 559. The highest BCUT2D eigenvalue weighted by molar-refractivity contribution is 6.36. The molecule has 1 aromatic carbocycles. The van der Waals surface area contributed by atoms with Crippen molar-refractivity contribution in [2.45, 2.75) is 25.8 Å². The lowest BCUT2D eigenvalue weighted by atomic mass is 10.2. The van der Waals surface area contributed by atoms with Crippen LogP contribution >= 0.6 is 23.2 Å². The highest BCUT2D eigenvalue weighted by Gasteiger charge is 2.34. The van der Waals surface area contributed by atoms with Crippen LogP contribution in [0.4, 0.5) is 10.5 Å². The van der Waals surface area contributed by atoms with E-state index < -0.39 is 12.0 Å². The normalized spacial score (nSPS) is 13.9. The summed E-state index contributed by atoms with van der Waals surface area (Å²) in [5.74, 6) is -1.04. The summed E-state index contributed by atoms with van der Waals surface area (Å²) in [6.07, 6.45) is 1.65. The molecule has 20 heavy (non-hydrogen) atoms. The van der Waals surface area contributed by atoms with E-state index >= 15 is 0 Å². The van der Waals surface area contributed by atoms with E-state index in [4.69, 9.17) is 28.3 Å². The fourth-order valence-corrected chi connectivity index (χ4v) is 2.26. The number of aryl methyl sites for hydroxylation is 1. The van der Waals surface area contributed by atoms with E-state index in [9.17, 15) is 9.59 Å². The van der Waals surface area contributed by atoms with Crippen LogP contribution in [0, 0.1) is 6.92 Å². The molecule has 5 nitrogen and oxygen atoms in total. The van der Waals surface area contributed by atoms with Gasteiger partial charge in [-0.05, 0) is 37.5 Å². The number of amides is 2. The molecule has 1 aliphatic rings. The lowest BCUT2D eigenvalue weighted by Gasteiger charge is -2.21. The SMILES string of the molecule is Cc1cc(Cl)c(NC(=O)N(CC(=O)O)C2CC2)cc1Cl. The predicted octanol–water partition coefficient (Wildman–Crippen LogP) is 3.38. The number of aliphatic carboxylic acids is 1. The minimum atomic E-state index is -1.04. The van der Waals surface area contributed by atoms with Gasteiger partial charge in [-0.2, -0.15) is 0 Å². The Morgan fingerprint density at radius 3 is 2.55 bits per heavy atom. The first kappa shape index (κ1) is 14.9. The highest BCUT2D eigenvalue weighted by Crippen LogP contribution is 2.31. The molecule has 0 aliphatic heterocycles. The monoisotopic (exact) mass is 316 g/mol. The molecule has 0 atom stereocenters. The van der Waals surface area contributed by atoms with Crippen LogP contribution in [0.3, 0.4) is 0 Å². The van der Waals surface area contributed by atoms with Gasteiger partial charge in [0.2, 0.25) is 0 Å². The number of hydrogen-bond acceptors (Lipinski definition) is 2. The van der Waals surface area contributed by atoms with Gasteiger partial charge in [0.25, 0.3) is 0 Å². The zero-order valence-electron chi connectivity index (χ0n) is 10.8. The molecular formula is C13H14Cl2N2O3. The highest BCUT2D eigenvalue weighted by atomic mass is 35.5. The molecule has 1 aromatic rings. The molecule has 7 heteroatoms. The Morgan fingerprint density at radius 1 is 1.35 bits per heavy atom. The van der Waals surface area contributed by atoms with Crippen molar-refractivity contribution < 1.29 is 14.7 Å². The molecule has 0 heterocycles. The molecule has 0 bridgehead atoms. The molecule has 2 N–H and O–H groups in total. The number of nitrogens with one attached hydrogen (secondary N) is 1. The Hall–Kier alpha value is -1.46. The number of carboxylic acid groups (broad SMARTS) is 1. The number of anilines is 1. The molecule has 0 radical (unpaired) electrons. The molecule has 0 spiro atoms. The zero-order chi connectivity index (χ0) is 14.9. The van der Waals surface area contributed by atoms with E-state index in [1.807, 2.05) is 0 Å². The topological polar surface area (TPSA) is 69.6 Å². The van der Waals surface area contributed by atoms with Gasteiger partial charge in [0.1, 0.15) is 6.54 Å². The third-order valence-corrected chi connectivity index (χ3v) is 3.76. The lowest BCUT2D eigenvalue weighted by Crippen LogP contribution is -2.40. The van der Waals surface area contributed by atoms with Crippen molar-refractivity contribution in [1.29, 1.82) is 0 Å². The summed E-state index contributed by atoms with van der Waals surface area (Å²) in [7, 11) is 0. The molecule has 1 aliphatic carbocycles. The third kappa shape index (κ3) is 3.55. The van der Waals surface area contributed by atoms with Gasteiger partial charge in [0.15, 0.2) is 0 Å². The van der Waals surface area contributed by atoms with Crippen LogP contribution in [0.5, 0.6) is 0 Å². The average Bonchev–Trinajstić information content (AvgIpc) is 3.16. The maximum Gasteiger partial charge on any atom is 0.323 e. The maximum absolute atomic E-state index is 12.1. The van der Waals surface area contributed by atoms with Gasteiger partial charge in [0, 0.05) is 11.1 Å². The van der Waals surface area contributed by atoms with Crippen molar-refractivity contribution in [3.8, 4) is 0 Å². The van der Waals surface area contributed by atoms with Gasteiger partial charge >= 0.3 is 12.0 Å². The summed E-state index contributed by atoms with van der Waals surface area (Å²) in [5, 5.41) is 12.3. The molecule has 108 valence electrons. The smallest absolute Gasteiger partial charge is 0.323 e. The number of halogens is 2. The van der Waals surface area contributed by atoms with Gasteiger partial charge in [-0.3, -0.25) is 4.79 Å². The molecule has 1 fully saturated rings. The van der Waals surface area contributed by atoms with E-state index in [2.05, 4.69) is 5.32 Å². The second kappa shape index (κ2) is 5.89. The molecule has 2 rings (SSSR count). The number of carbonyl (C=O) groups excluding carboxylic acids is 1. The molecule has 2 amide bonds. The predicted molar refractivity (Wildman–Crippen MR) is 77.6 cm³/mol. The van der Waals surface area contributed by atoms with Gasteiger partial charge in [-0.1, -0.05) is 23.2 Å². The van der Waals surface area contributed by atoms with E-state index in [0.29, 0.717) is 15.7 Å².